The Kier molecular flexibility index (Phi) is 6.81. The van der Waals surface area contributed by atoms with Crippen molar-refractivity contribution in [2.45, 2.75) is 25.7 Å². The molecule has 0 fully saturated rings. The number of hydrogen-bond acceptors (Lipinski definition) is 6. The molecule has 150 valence electrons. The van der Waals surface area contributed by atoms with Crippen LogP contribution in [0.3, 0.4) is 0 Å². The number of nitrogens with one attached hydrogen (secondary N) is 1. The van der Waals surface area contributed by atoms with E-state index in [0.29, 0.717) is 11.3 Å². The summed E-state index contributed by atoms with van der Waals surface area (Å²) in [4.78, 5) is 10.2. The highest BCUT2D eigenvalue weighted by atomic mass is 32.2. The number of non-ortho nitro benzene ring substituents is 1. The third-order valence-corrected chi connectivity index (χ3v) is 6.18. The molecule has 10 heteroatoms. The molecule has 0 atom stereocenters. The molecule has 0 radical (unpaired) electrons. The fraction of sp³-hybridized carbons (Fsp3) is 0.278. The van der Waals surface area contributed by atoms with E-state index in [2.05, 4.69) is 10.5 Å². The smallest absolute Gasteiger partial charge is 0.270 e. The molecule has 0 aliphatic heterocycles. The number of hydrazone groups is 1. The Bertz CT molecular complexity index is 1000. The Balaban J connectivity index is 2.49. The van der Waals surface area contributed by atoms with E-state index in [1.807, 2.05) is 0 Å². The van der Waals surface area contributed by atoms with Gasteiger partial charge in [-0.25, -0.2) is 12.8 Å². The SMILES string of the molecule is CCN(CC)S(=O)(=O)c1cc([N+](=O)[O-])ccc1N/N=C(\C)c1cccc(F)c1. The van der Waals surface area contributed by atoms with Gasteiger partial charge in [0.25, 0.3) is 5.69 Å². The van der Waals surface area contributed by atoms with Crippen molar-refractivity contribution in [3.8, 4) is 0 Å². The molecule has 1 N–H and O–H groups in total. The summed E-state index contributed by atoms with van der Waals surface area (Å²) in [5.41, 5.74) is 3.33. The van der Waals surface area contributed by atoms with Gasteiger partial charge in [0.1, 0.15) is 10.7 Å². The zero-order valence-electron chi connectivity index (χ0n) is 15.7. The third-order valence-electron chi connectivity index (χ3n) is 4.09. The topological polar surface area (TPSA) is 105 Å². The van der Waals surface area contributed by atoms with Crippen molar-refractivity contribution in [1.82, 2.24) is 4.31 Å². The number of benzene rings is 2. The van der Waals surface area contributed by atoms with Gasteiger partial charge in [0.05, 0.1) is 16.3 Å². The molecule has 0 spiro atoms. The lowest BCUT2D eigenvalue weighted by molar-refractivity contribution is -0.385. The van der Waals surface area contributed by atoms with Crippen molar-refractivity contribution in [2.24, 2.45) is 5.10 Å². The van der Waals surface area contributed by atoms with E-state index in [1.54, 1.807) is 26.8 Å². The van der Waals surface area contributed by atoms with Gasteiger partial charge in [-0.15, -0.1) is 0 Å². The van der Waals surface area contributed by atoms with Gasteiger partial charge >= 0.3 is 0 Å². The highest BCUT2D eigenvalue weighted by Gasteiger charge is 2.27. The molecule has 0 amide bonds. The second-order valence-electron chi connectivity index (χ2n) is 5.85. The molecule has 0 unspecified atom stereocenters. The molecule has 0 aromatic heterocycles. The summed E-state index contributed by atoms with van der Waals surface area (Å²) in [7, 11) is -3.97. The standard InChI is InChI=1S/C18H21FN4O4S/c1-4-22(5-2)28(26,27)18-12-16(23(24)25)9-10-17(18)21-20-13(3)14-7-6-8-15(19)11-14/h6-12,21H,4-5H2,1-3H3/b20-13+. The first-order valence-electron chi connectivity index (χ1n) is 8.55. The summed E-state index contributed by atoms with van der Waals surface area (Å²) in [6, 6.07) is 9.27. The third kappa shape index (κ3) is 4.70. The van der Waals surface area contributed by atoms with Crippen LogP contribution in [0.2, 0.25) is 0 Å². The number of anilines is 1. The van der Waals surface area contributed by atoms with Gasteiger partial charge in [-0.05, 0) is 25.1 Å². The quantitative estimate of drug-likeness (QED) is 0.408. The highest BCUT2D eigenvalue weighted by molar-refractivity contribution is 7.89. The van der Waals surface area contributed by atoms with Crippen LogP contribution in [0.15, 0.2) is 52.5 Å². The van der Waals surface area contributed by atoms with Crippen LogP contribution >= 0.6 is 0 Å². The molecule has 8 nitrogen and oxygen atoms in total. The lowest BCUT2D eigenvalue weighted by atomic mass is 10.1. The number of sulfonamides is 1. The van der Waals surface area contributed by atoms with E-state index in [9.17, 15) is 22.9 Å². The molecule has 2 rings (SSSR count). The first-order chi connectivity index (χ1) is 13.2. The Morgan fingerprint density at radius 3 is 2.46 bits per heavy atom. The first-order valence-corrected chi connectivity index (χ1v) is 9.99. The van der Waals surface area contributed by atoms with E-state index < -0.39 is 20.8 Å². The second-order valence-corrected chi connectivity index (χ2v) is 7.75. The maximum absolute atomic E-state index is 13.4. The van der Waals surface area contributed by atoms with E-state index >= 15 is 0 Å². The minimum absolute atomic E-state index is 0.0910. The Morgan fingerprint density at radius 1 is 1.21 bits per heavy atom. The summed E-state index contributed by atoms with van der Waals surface area (Å²) < 4.78 is 40.4. The van der Waals surface area contributed by atoms with E-state index in [0.717, 1.165) is 6.07 Å². The molecule has 0 saturated carbocycles. The number of nitro benzene ring substituents is 1. The lowest BCUT2D eigenvalue weighted by Gasteiger charge is -2.20. The molecule has 0 aliphatic carbocycles. The van der Waals surface area contributed by atoms with E-state index in [4.69, 9.17) is 0 Å². The summed E-state index contributed by atoms with van der Waals surface area (Å²) in [5, 5.41) is 15.2. The second kappa shape index (κ2) is 8.89. The Hall–Kier alpha value is -2.85. The number of nitrogens with zero attached hydrogens (tertiary/aromatic N) is 3. The number of nitro groups is 1. The number of halogens is 1. The van der Waals surface area contributed by atoms with Crippen LogP contribution in [0, 0.1) is 15.9 Å². The van der Waals surface area contributed by atoms with Crippen molar-refractivity contribution in [3.63, 3.8) is 0 Å². The van der Waals surface area contributed by atoms with Gasteiger partial charge in [0.2, 0.25) is 10.0 Å². The predicted octanol–water partition coefficient (Wildman–Crippen LogP) is 3.60. The van der Waals surface area contributed by atoms with Gasteiger partial charge in [0.15, 0.2) is 0 Å². The lowest BCUT2D eigenvalue weighted by Crippen LogP contribution is -2.31. The maximum atomic E-state index is 13.4. The normalized spacial score (nSPS) is 12.2. The molecule has 2 aromatic carbocycles. The molecule has 0 aliphatic rings. The van der Waals surface area contributed by atoms with Gasteiger partial charge in [-0.1, -0.05) is 26.0 Å². The van der Waals surface area contributed by atoms with Crippen LogP contribution in [-0.4, -0.2) is 36.4 Å². The van der Waals surface area contributed by atoms with Crippen molar-refractivity contribution >= 4 is 27.1 Å². The zero-order chi connectivity index (χ0) is 20.9. The average molecular weight is 408 g/mol. The summed E-state index contributed by atoms with van der Waals surface area (Å²) in [6.07, 6.45) is 0. The van der Waals surface area contributed by atoms with Gasteiger partial charge in [-0.3, -0.25) is 15.5 Å². The molecular weight excluding hydrogens is 387 g/mol. The predicted molar refractivity (Wildman–Crippen MR) is 105 cm³/mol. The molecule has 0 saturated heterocycles. The monoisotopic (exact) mass is 408 g/mol. The van der Waals surface area contributed by atoms with Crippen LogP contribution in [-0.2, 0) is 10.0 Å². The maximum Gasteiger partial charge on any atom is 0.270 e. The minimum Gasteiger partial charge on any atom is -0.277 e. The minimum atomic E-state index is -3.97. The molecule has 2 aromatic rings. The molecular formula is C18H21FN4O4S. The fourth-order valence-corrected chi connectivity index (χ4v) is 4.17. The Morgan fingerprint density at radius 2 is 1.89 bits per heavy atom. The largest absolute Gasteiger partial charge is 0.277 e. The van der Waals surface area contributed by atoms with Crippen LogP contribution in [0.25, 0.3) is 0 Å². The average Bonchev–Trinajstić information content (AvgIpc) is 2.66. The zero-order valence-corrected chi connectivity index (χ0v) is 16.5. The Labute approximate surface area is 162 Å². The fourth-order valence-electron chi connectivity index (χ4n) is 2.56. The van der Waals surface area contributed by atoms with Gasteiger partial charge < -0.3 is 0 Å². The van der Waals surface area contributed by atoms with Crippen molar-refractivity contribution in [3.05, 3.63) is 64.0 Å². The summed E-state index contributed by atoms with van der Waals surface area (Å²) >= 11 is 0. The first kappa shape index (κ1) is 21.5. The van der Waals surface area contributed by atoms with E-state index in [1.165, 1.54) is 34.6 Å². The van der Waals surface area contributed by atoms with Crippen molar-refractivity contribution < 1.29 is 17.7 Å². The van der Waals surface area contributed by atoms with Gasteiger partial charge in [-0.2, -0.15) is 9.41 Å². The number of rotatable bonds is 8. The van der Waals surface area contributed by atoms with Gasteiger partial charge in [0, 0.05) is 30.8 Å². The molecule has 28 heavy (non-hydrogen) atoms. The van der Waals surface area contributed by atoms with Crippen LogP contribution in [0.1, 0.15) is 26.3 Å². The molecule has 0 bridgehead atoms. The van der Waals surface area contributed by atoms with Crippen molar-refractivity contribution in [1.29, 1.82) is 0 Å². The van der Waals surface area contributed by atoms with Crippen LogP contribution in [0.5, 0.6) is 0 Å². The van der Waals surface area contributed by atoms with Crippen LogP contribution < -0.4 is 5.43 Å². The molecule has 0 heterocycles. The van der Waals surface area contributed by atoms with Crippen LogP contribution in [0.4, 0.5) is 15.8 Å². The number of hydrogen-bond donors (Lipinski definition) is 1. The van der Waals surface area contributed by atoms with E-state index in [-0.39, 0.29) is 29.4 Å². The van der Waals surface area contributed by atoms with Crippen molar-refractivity contribution in [2.75, 3.05) is 18.5 Å². The summed E-state index contributed by atoms with van der Waals surface area (Å²) in [5.74, 6) is -0.424. The summed E-state index contributed by atoms with van der Waals surface area (Å²) in [6.45, 7) is 5.42. The highest BCUT2D eigenvalue weighted by Crippen LogP contribution is 2.29.